The largest absolute Gasteiger partial charge is 0.493 e. The molecule has 16 nitrogen and oxygen atoms in total. The van der Waals surface area contributed by atoms with E-state index in [1.807, 2.05) is 30.1 Å². The number of anilines is 1. The maximum absolute atomic E-state index is 15.1. The Morgan fingerprint density at radius 1 is 0.846 bits per heavy atom. The first-order chi connectivity index (χ1) is 31.8. The van der Waals surface area contributed by atoms with Crippen LogP contribution in [0.25, 0.3) is 11.0 Å². The van der Waals surface area contributed by atoms with E-state index < -0.39 is 5.54 Å². The standard InChI is InChI=1S/C49H62N10O6/c1-7-55-18-12-33-25-40(62-3)42(64-5)27-36(33)45(55)39-24-35(8-14-49(39)38-28-43(65-6)41(63-4)26-34(38)13-19-58(49)44(60)11-15-50-2)48(61)57-22-20-56(21-23-57)46-37-29-54-59(47(37)53-31-52-46)30-32-9-16-51-17-10-32/h9-10,16-17,25-29,31,35,39,45,50H,7-8,11-15,18-24,30H2,1-6H3/t35-,39-,45-,49+/m1/s1. The number of hydrogen-bond donors (Lipinski definition) is 1. The third-order valence-electron chi connectivity index (χ3n) is 14.6. The normalized spacial score (nSPS) is 22.1. The highest BCUT2D eigenvalue weighted by Gasteiger charge is 2.58. The maximum Gasteiger partial charge on any atom is 0.225 e. The van der Waals surface area contributed by atoms with Crippen molar-refractivity contribution in [3.05, 3.63) is 89.1 Å². The van der Waals surface area contributed by atoms with Gasteiger partial charge in [-0.3, -0.25) is 19.5 Å². The van der Waals surface area contributed by atoms with Crippen LogP contribution in [0.15, 0.2) is 61.3 Å². The Labute approximate surface area is 381 Å². The van der Waals surface area contributed by atoms with Crippen LogP contribution >= 0.6 is 0 Å². The molecule has 1 spiro atoms. The van der Waals surface area contributed by atoms with Gasteiger partial charge < -0.3 is 39.0 Å². The molecule has 3 aromatic heterocycles. The topological polar surface area (TPSA) is 153 Å². The van der Waals surface area contributed by atoms with Gasteiger partial charge in [0.15, 0.2) is 28.6 Å². The fourth-order valence-electron chi connectivity index (χ4n) is 11.5. The second kappa shape index (κ2) is 18.8. The zero-order valence-electron chi connectivity index (χ0n) is 38.6. The Balaban J connectivity index is 1.07. The van der Waals surface area contributed by atoms with E-state index in [0.717, 1.165) is 58.6 Å². The van der Waals surface area contributed by atoms with Gasteiger partial charge in [-0.1, -0.05) is 6.92 Å². The molecule has 1 aliphatic carbocycles. The molecule has 5 aromatic rings. The molecule has 65 heavy (non-hydrogen) atoms. The van der Waals surface area contributed by atoms with Gasteiger partial charge in [0.1, 0.15) is 12.1 Å². The van der Waals surface area contributed by atoms with E-state index in [4.69, 9.17) is 23.9 Å². The van der Waals surface area contributed by atoms with Crippen LogP contribution < -0.4 is 29.2 Å². The van der Waals surface area contributed by atoms with Crippen LogP contribution in [-0.4, -0.2) is 139 Å². The molecule has 344 valence electrons. The number of ether oxygens (including phenoxy) is 4. The number of amides is 2. The van der Waals surface area contributed by atoms with E-state index in [9.17, 15) is 4.79 Å². The number of carbonyl (C=O) groups excluding carboxylic acids is 2. The monoisotopic (exact) mass is 886 g/mol. The van der Waals surface area contributed by atoms with Gasteiger partial charge in [-0.2, -0.15) is 5.10 Å². The van der Waals surface area contributed by atoms with Gasteiger partial charge in [0, 0.05) is 82.5 Å². The van der Waals surface area contributed by atoms with Crippen LogP contribution in [-0.2, 0) is 34.5 Å². The fraction of sp³-hybridized carbons (Fsp3) is 0.510. The van der Waals surface area contributed by atoms with Crippen molar-refractivity contribution in [2.75, 3.05) is 92.7 Å². The quantitative estimate of drug-likeness (QED) is 0.171. The molecule has 0 bridgehead atoms. The summed E-state index contributed by atoms with van der Waals surface area (Å²) in [4.78, 5) is 52.5. The fourth-order valence-corrected chi connectivity index (χ4v) is 11.5. The van der Waals surface area contributed by atoms with Gasteiger partial charge in [-0.05, 0) is 110 Å². The predicted molar refractivity (Wildman–Crippen MR) is 247 cm³/mol. The Bertz CT molecular complexity index is 2510. The van der Waals surface area contributed by atoms with Crippen molar-refractivity contribution in [1.82, 2.24) is 44.7 Å². The van der Waals surface area contributed by atoms with Gasteiger partial charge in [0.25, 0.3) is 0 Å². The average Bonchev–Trinajstić information content (AvgIpc) is 3.77. The summed E-state index contributed by atoms with van der Waals surface area (Å²) in [6.07, 6.45) is 10.8. The van der Waals surface area contributed by atoms with Gasteiger partial charge in [0.2, 0.25) is 11.8 Å². The van der Waals surface area contributed by atoms with E-state index in [-0.39, 0.29) is 29.7 Å². The van der Waals surface area contributed by atoms with Crippen molar-refractivity contribution in [3.8, 4) is 23.0 Å². The first kappa shape index (κ1) is 44.2. The molecule has 9 rings (SSSR count). The molecule has 2 aromatic carbocycles. The highest BCUT2D eigenvalue weighted by atomic mass is 16.5. The van der Waals surface area contributed by atoms with Crippen molar-refractivity contribution in [1.29, 1.82) is 0 Å². The molecule has 6 heterocycles. The second-order valence-electron chi connectivity index (χ2n) is 17.6. The second-order valence-corrected chi connectivity index (χ2v) is 17.6. The summed E-state index contributed by atoms with van der Waals surface area (Å²) in [5.74, 6) is 3.37. The zero-order chi connectivity index (χ0) is 45.2. The number of carbonyl (C=O) groups is 2. The molecule has 4 atom stereocenters. The van der Waals surface area contributed by atoms with Gasteiger partial charge in [-0.15, -0.1) is 0 Å². The summed E-state index contributed by atoms with van der Waals surface area (Å²) in [5, 5.41) is 8.79. The molecule has 1 saturated carbocycles. The third kappa shape index (κ3) is 7.98. The number of rotatable bonds is 13. The summed E-state index contributed by atoms with van der Waals surface area (Å²) in [7, 11) is 8.58. The first-order valence-corrected chi connectivity index (χ1v) is 23.0. The molecule has 4 aliphatic rings. The van der Waals surface area contributed by atoms with Gasteiger partial charge in [-0.25, -0.2) is 14.6 Å². The number of fused-ring (bicyclic) bond motifs is 4. The van der Waals surface area contributed by atoms with Crippen molar-refractivity contribution in [3.63, 3.8) is 0 Å². The minimum Gasteiger partial charge on any atom is -0.493 e. The Hall–Kier alpha value is -6.00. The first-order valence-electron chi connectivity index (χ1n) is 23.0. The summed E-state index contributed by atoms with van der Waals surface area (Å²) in [5.41, 5.74) is 5.73. The molecule has 0 unspecified atom stereocenters. The number of pyridine rings is 1. The summed E-state index contributed by atoms with van der Waals surface area (Å²) in [6, 6.07) is 12.3. The van der Waals surface area contributed by atoms with Crippen LogP contribution in [0.1, 0.15) is 66.5 Å². The van der Waals surface area contributed by atoms with Crippen molar-refractivity contribution >= 4 is 28.7 Å². The molecule has 2 fully saturated rings. The number of hydrogen-bond acceptors (Lipinski definition) is 13. The van der Waals surface area contributed by atoms with E-state index in [1.165, 1.54) is 5.56 Å². The lowest BCUT2D eigenvalue weighted by atomic mass is 9.58. The zero-order valence-corrected chi connectivity index (χ0v) is 38.6. The van der Waals surface area contributed by atoms with Crippen molar-refractivity contribution in [2.45, 2.75) is 63.6 Å². The summed E-state index contributed by atoms with van der Waals surface area (Å²) < 4.78 is 25.5. The average molecular weight is 887 g/mol. The van der Waals surface area contributed by atoms with Crippen molar-refractivity contribution in [2.24, 2.45) is 11.8 Å². The molecule has 1 N–H and O–H groups in total. The highest BCUT2D eigenvalue weighted by molar-refractivity contribution is 5.87. The SMILES string of the molecule is CCN1CCc2cc(OC)c(OC)cc2[C@@H]1[C@H]1C[C@H](C(=O)N2CCN(c3ncnc4c3cnn4Cc3ccncc3)CC2)CC[C@]12c1cc(OC)c(OC)cc1CCN2C(=O)CCNC. The van der Waals surface area contributed by atoms with Gasteiger partial charge >= 0.3 is 0 Å². The highest BCUT2D eigenvalue weighted by Crippen LogP contribution is 2.59. The van der Waals surface area contributed by atoms with Crippen LogP contribution in [0.3, 0.4) is 0 Å². The van der Waals surface area contributed by atoms with Crippen LogP contribution in [0.2, 0.25) is 0 Å². The third-order valence-corrected chi connectivity index (χ3v) is 14.6. The maximum atomic E-state index is 15.1. The van der Waals surface area contributed by atoms with Crippen LogP contribution in [0.4, 0.5) is 5.82 Å². The molecule has 3 aliphatic heterocycles. The number of nitrogens with zero attached hydrogens (tertiary/aromatic N) is 9. The molecule has 2 amide bonds. The number of nitrogens with one attached hydrogen (secondary N) is 1. The molecular formula is C49H62N10O6. The predicted octanol–water partition coefficient (Wildman–Crippen LogP) is 4.88. The number of piperazine rings is 1. The number of methoxy groups -OCH3 is 4. The van der Waals surface area contributed by atoms with E-state index in [1.54, 1.807) is 47.2 Å². The minimum atomic E-state index is -0.743. The van der Waals surface area contributed by atoms with Gasteiger partial charge in [0.05, 0.1) is 52.1 Å². The minimum absolute atomic E-state index is 0.110. The number of benzene rings is 2. The molecule has 0 radical (unpaired) electrons. The van der Waals surface area contributed by atoms with E-state index in [2.05, 4.69) is 71.2 Å². The summed E-state index contributed by atoms with van der Waals surface area (Å²) >= 11 is 0. The molecular weight excluding hydrogens is 825 g/mol. The lowest BCUT2D eigenvalue weighted by molar-refractivity contribution is -0.153. The van der Waals surface area contributed by atoms with E-state index >= 15 is 4.79 Å². The van der Waals surface area contributed by atoms with Crippen LogP contribution in [0.5, 0.6) is 23.0 Å². The Kier molecular flexibility index (Phi) is 12.8. The van der Waals surface area contributed by atoms with Crippen LogP contribution in [0, 0.1) is 11.8 Å². The summed E-state index contributed by atoms with van der Waals surface area (Å²) in [6.45, 7) is 7.98. The molecule has 1 saturated heterocycles. The smallest absolute Gasteiger partial charge is 0.225 e. The van der Waals surface area contributed by atoms with Crippen molar-refractivity contribution < 1.29 is 28.5 Å². The number of aromatic nitrogens is 5. The number of likely N-dealkylation sites (N-methyl/N-ethyl adjacent to an activating group) is 1. The molecule has 16 heteroatoms. The Morgan fingerprint density at radius 3 is 2.25 bits per heavy atom. The lowest BCUT2D eigenvalue weighted by Crippen LogP contribution is -2.63. The Morgan fingerprint density at radius 2 is 1.54 bits per heavy atom. The van der Waals surface area contributed by atoms with E-state index in [0.29, 0.717) is 101 Å². The lowest BCUT2D eigenvalue weighted by Gasteiger charge is -2.59.